The summed E-state index contributed by atoms with van der Waals surface area (Å²) >= 11 is 0. The Morgan fingerprint density at radius 2 is 1.92 bits per heavy atom. The molecule has 0 saturated heterocycles. The SMILES string of the molecule is CCCC(CCO)CNC(=NCc1ccccc1NS(C)(=O)=O)NCC. The highest BCUT2D eigenvalue weighted by Gasteiger charge is 2.09. The molecular formula is C18H32N4O3S. The van der Waals surface area contributed by atoms with Gasteiger partial charge in [0.1, 0.15) is 0 Å². The Morgan fingerprint density at radius 1 is 1.19 bits per heavy atom. The summed E-state index contributed by atoms with van der Waals surface area (Å²) in [6.07, 6.45) is 4.02. The number of hydrogen-bond donors (Lipinski definition) is 4. The first kappa shape index (κ1) is 22.2. The average molecular weight is 385 g/mol. The molecular weight excluding hydrogens is 352 g/mol. The molecule has 0 aliphatic carbocycles. The quantitative estimate of drug-likeness (QED) is 0.345. The Labute approximate surface area is 157 Å². The van der Waals surface area contributed by atoms with Gasteiger partial charge in [0.05, 0.1) is 18.5 Å². The molecule has 0 spiro atoms. The molecule has 0 amide bonds. The number of aliphatic hydroxyl groups excluding tert-OH is 1. The number of aliphatic hydroxyl groups is 1. The molecule has 0 aromatic heterocycles. The molecule has 26 heavy (non-hydrogen) atoms. The van der Waals surface area contributed by atoms with Gasteiger partial charge in [0.25, 0.3) is 0 Å². The Bertz CT molecular complexity index is 656. The van der Waals surface area contributed by atoms with E-state index in [2.05, 4.69) is 27.3 Å². The van der Waals surface area contributed by atoms with Crippen LogP contribution in [0.4, 0.5) is 5.69 Å². The molecule has 0 bridgehead atoms. The minimum atomic E-state index is -3.34. The van der Waals surface area contributed by atoms with Gasteiger partial charge in [-0.3, -0.25) is 4.72 Å². The van der Waals surface area contributed by atoms with Crippen molar-refractivity contribution >= 4 is 21.7 Å². The number of para-hydroxylation sites is 1. The van der Waals surface area contributed by atoms with Gasteiger partial charge in [-0.15, -0.1) is 0 Å². The summed E-state index contributed by atoms with van der Waals surface area (Å²) in [5.41, 5.74) is 1.34. The molecule has 4 N–H and O–H groups in total. The van der Waals surface area contributed by atoms with E-state index in [4.69, 9.17) is 0 Å². The van der Waals surface area contributed by atoms with E-state index in [1.54, 1.807) is 12.1 Å². The zero-order valence-corrected chi connectivity index (χ0v) is 16.8. The van der Waals surface area contributed by atoms with Crippen LogP contribution in [0.3, 0.4) is 0 Å². The van der Waals surface area contributed by atoms with Gasteiger partial charge in [-0.1, -0.05) is 31.5 Å². The Kier molecular flexibility index (Phi) is 10.0. The lowest BCUT2D eigenvalue weighted by atomic mass is 10.0. The fourth-order valence-electron chi connectivity index (χ4n) is 2.64. The third-order valence-corrected chi connectivity index (χ3v) is 4.45. The van der Waals surface area contributed by atoms with Gasteiger partial charge in [-0.2, -0.15) is 0 Å². The van der Waals surface area contributed by atoms with Crippen molar-refractivity contribution in [3.8, 4) is 0 Å². The first-order chi connectivity index (χ1) is 12.4. The van der Waals surface area contributed by atoms with E-state index in [-0.39, 0.29) is 6.61 Å². The van der Waals surface area contributed by atoms with E-state index in [0.29, 0.717) is 24.1 Å². The molecule has 1 rings (SSSR count). The van der Waals surface area contributed by atoms with E-state index in [9.17, 15) is 13.5 Å². The van der Waals surface area contributed by atoms with Crippen molar-refractivity contribution in [3.05, 3.63) is 29.8 Å². The molecule has 1 aromatic rings. The smallest absolute Gasteiger partial charge is 0.229 e. The largest absolute Gasteiger partial charge is 0.396 e. The molecule has 0 aliphatic rings. The number of anilines is 1. The summed E-state index contributed by atoms with van der Waals surface area (Å²) in [5, 5.41) is 15.7. The van der Waals surface area contributed by atoms with Crippen LogP contribution < -0.4 is 15.4 Å². The van der Waals surface area contributed by atoms with Crippen LogP contribution in [0.25, 0.3) is 0 Å². The second-order valence-electron chi connectivity index (χ2n) is 6.27. The Hall–Kier alpha value is -1.80. The first-order valence-electron chi connectivity index (χ1n) is 9.08. The molecule has 1 atom stereocenters. The lowest BCUT2D eigenvalue weighted by molar-refractivity contribution is 0.251. The maximum atomic E-state index is 11.5. The van der Waals surface area contributed by atoms with Gasteiger partial charge in [-0.25, -0.2) is 13.4 Å². The normalized spacial score (nSPS) is 13.3. The molecule has 148 valence electrons. The summed E-state index contributed by atoms with van der Waals surface area (Å²) in [5.74, 6) is 1.08. The van der Waals surface area contributed by atoms with Gasteiger partial charge in [0.2, 0.25) is 10.0 Å². The molecule has 0 saturated carbocycles. The zero-order chi connectivity index (χ0) is 19.4. The fraction of sp³-hybridized carbons (Fsp3) is 0.611. The van der Waals surface area contributed by atoms with Gasteiger partial charge in [0, 0.05) is 19.7 Å². The Balaban J connectivity index is 2.80. The van der Waals surface area contributed by atoms with Crippen LogP contribution >= 0.6 is 0 Å². The van der Waals surface area contributed by atoms with Crippen molar-refractivity contribution in [2.75, 3.05) is 30.7 Å². The van der Waals surface area contributed by atoms with E-state index >= 15 is 0 Å². The average Bonchev–Trinajstić information content (AvgIpc) is 2.57. The minimum Gasteiger partial charge on any atom is -0.396 e. The molecule has 8 heteroatoms. The van der Waals surface area contributed by atoms with Gasteiger partial charge in [0.15, 0.2) is 5.96 Å². The van der Waals surface area contributed by atoms with Crippen molar-refractivity contribution in [1.82, 2.24) is 10.6 Å². The second-order valence-corrected chi connectivity index (χ2v) is 8.02. The third kappa shape index (κ3) is 9.05. The lowest BCUT2D eigenvalue weighted by Crippen LogP contribution is -2.40. The van der Waals surface area contributed by atoms with Crippen molar-refractivity contribution in [3.63, 3.8) is 0 Å². The van der Waals surface area contributed by atoms with Crippen LogP contribution in [0.1, 0.15) is 38.7 Å². The highest BCUT2D eigenvalue weighted by atomic mass is 32.2. The summed E-state index contributed by atoms with van der Waals surface area (Å²) in [6.45, 7) is 6.14. The van der Waals surface area contributed by atoms with Crippen LogP contribution in [-0.4, -0.2) is 45.4 Å². The van der Waals surface area contributed by atoms with Crippen molar-refractivity contribution in [1.29, 1.82) is 0 Å². The van der Waals surface area contributed by atoms with E-state index < -0.39 is 10.0 Å². The van der Waals surface area contributed by atoms with E-state index in [1.165, 1.54) is 0 Å². The van der Waals surface area contributed by atoms with Crippen LogP contribution in [0.2, 0.25) is 0 Å². The number of sulfonamides is 1. The highest BCUT2D eigenvalue weighted by molar-refractivity contribution is 7.92. The van der Waals surface area contributed by atoms with Gasteiger partial charge < -0.3 is 15.7 Å². The van der Waals surface area contributed by atoms with Gasteiger partial charge >= 0.3 is 0 Å². The van der Waals surface area contributed by atoms with Crippen LogP contribution in [-0.2, 0) is 16.6 Å². The molecule has 0 aliphatic heterocycles. The molecule has 0 radical (unpaired) electrons. The van der Waals surface area contributed by atoms with E-state index in [1.807, 2.05) is 19.1 Å². The minimum absolute atomic E-state index is 0.185. The number of nitrogens with zero attached hydrogens (tertiary/aromatic N) is 1. The topological polar surface area (TPSA) is 103 Å². The number of benzene rings is 1. The van der Waals surface area contributed by atoms with Crippen LogP contribution in [0.5, 0.6) is 0 Å². The first-order valence-corrected chi connectivity index (χ1v) is 11.0. The number of aliphatic imine (C=N–C) groups is 1. The monoisotopic (exact) mass is 384 g/mol. The van der Waals surface area contributed by atoms with Gasteiger partial charge in [-0.05, 0) is 37.3 Å². The molecule has 0 heterocycles. The summed E-state index contributed by atoms with van der Waals surface area (Å²) < 4.78 is 25.5. The maximum Gasteiger partial charge on any atom is 0.229 e. The molecule has 1 aromatic carbocycles. The standard InChI is InChI=1S/C18H32N4O3S/c1-4-8-15(11-12-23)13-20-18(19-5-2)21-14-16-9-6-7-10-17(16)22-26(3,24)25/h6-7,9-10,15,22-23H,4-5,8,11-14H2,1-3H3,(H2,19,20,21). The van der Waals surface area contributed by atoms with Crippen LogP contribution in [0.15, 0.2) is 29.3 Å². The second kappa shape index (κ2) is 11.7. The Morgan fingerprint density at radius 3 is 2.54 bits per heavy atom. The molecule has 1 unspecified atom stereocenters. The predicted octanol–water partition coefficient (Wildman–Crippen LogP) is 1.91. The number of nitrogens with one attached hydrogen (secondary N) is 3. The summed E-state index contributed by atoms with van der Waals surface area (Å²) in [7, 11) is -3.34. The lowest BCUT2D eigenvalue weighted by Gasteiger charge is -2.18. The predicted molar refractivity (Wildman–Crippen MR) is 108 cm³/mol. The fourth-order valence-corrected chi connectivity index (χ4v) is 3.24. The number of hydrogen-bond acceptors (Lipinski definition) is 4. The summed E-state index contributed by atoms with van der Waals surface area (Å²) in [6, 6.07) is 7.22. The number of rotatable bonds is 11. The zero-order valence-electron chi connectivity index (χ0n) is 16.0. The maximum absolute atomic E-state index is 11.5. The number of guanidine groups is 1. The highest BCUT2D eigenvalue weighted by Crippen LogP contribution is 2.17. The van der Waals surface area contributed by atoms with E-state index in [0.717, 1.165) is 44.2 Å². The molecule has 0 fully saturated rings. The molecule has 7 nitrogen and oxygen atoms in total. The third-order valence-electron chi connectivity index (χ3n) is 3.86. The van der Waals surface area contributed by atoms with Crippen molar-refractivity contribution in [2.45, 2.75) is 39.7 Å². The summed E-state index contributed by atoms with van der Waals surface area (Å²) in [4.78, 5) is 4.56. The van der Waals surface area contributed by atoms with Crippen LogP contribution in [0, 0.1) is 5.92 Å². The van der Waals surface area contributed by atoms with Crippen molar-refractivity contribution in [2.24, 2.45) is 10.9 Å². The van der Waals surface area contributed by atoms with Crippen molar-refractivity contribution < 1.29 is 13.5 Å².